The maximum atomic E-state index is 13.5. The molecular weight excluding hydrogens is 320 g/mol. The molecule has 0 unspecified atom stereocenters. The van der Waals surface area contributed by atoms with Gasteiger partial charge in [-0.2, -0.15) is 0 Å². The Hall–Kier alpha value is -2.18. The van der Waals surface area contributed by atoms with Crippen LogP contribution in [-0.4, -0.2) is 31.1 Å². The van der Waals surface area contributed by atoms with E-state index in [0.29, 0.717) is 18.9 Å². The third-order valence-electron chi connectivity index (χ3n) is 4.16. The molecule has 0 spiro atoms. The Labute approximate surface area is 139 Å². The van der Waals surface area contributed by atoms with E-state index in [1.807, 2.05) is 0 Å². The van der Waals surface area contributed by atoms with Gasteiger partial charge in [-0.1, -0.05) is 25.7 Å². The molecule has 24 heavy (non-hydrogen) atoms. The zero-order valence-corrected chi connectivity index (χ0v) is 13.6. The van der Waals surface area contributed by atoms with Crippen LogP contribution in [0.4, 0.5) is 8.78 Å². The average molecular weight is 341 g/mol. The normalized spacial score (nSPS) is 16.8. The van der Waals surface area contributed by atoms with Crippen molar-refractivity contribution in [3.05, 3.63) is 29.8 Å². The van der Waals surface area contributed by atoms with Crippen LogP contribution in [0.1, 0.15) is 38.5 Å². The molecule has 0 atom stereocenters. The number of ether oxygens (including phenoxy) is 2. The lowest BCUT2D eigenvalue weighted by atomic mass is 9.90. The molecule has 0 heterocycles. The van der Waals surface area contributed by atoms with Crippen LogP contribution < -0.4 is 10.1 Å². The van der Waals surface area contributed by atoms with E-state index in [1.54, 1.807) is 0 Å². The molecule has 1 aromatic rings. The maximum absolute atomic E-state index is 13.5. The minimum absolute atomic E-state index is 0.223. The lowest BCUT2D eigenvalue weighted by Crippen LogP contribution is -2.55. The molecule has 0 aliphatic heterocycles. The van der Waals surface area contributed by atoms with E-state index in [4.69, 9.17) is 9.47 Å². The van der Waals surface area contributed by atoms with Crippen molar-refractivity contribution in [1.82, 2.24) is 5.32 Å². The monoisotopic (exact) mass is 341 g/mol. The summed E-state index contributed by atoms with van der Waals surface area (Å²) in [4.78, 5) is 24.3. The van der Waals surface area contributed by atoms with E-state index < -0.39 is 35.7 Å². The molecule has 0 bridgehead atoms. The van der Waals surface area contributed by atoms with Crippen molar-refractivity contribution < 1.29 is 27.8 Å². The standard InChI is InChI=1S/C17H21F2NO4/c1-23-16(22)17(8-4-2-3-5-9-17)20-15(21)11-24-14-7-6-12(18)10-13(14)19/h6-7,10H,2-5,8-9,11H2,1H3,(H,20,21). The second-order valence-electron chi connectivity index (χ2n) is 5.90. The van der Waals surface area contributed by atoms with Gasteiger partial charge in [0.1, 0.15) is 11.4 Å². The first kappa shape index (κ1) is 18.2. The molecule has 1 aliphatic rings. The molecule has 2 rings (SSSR count). The first-order chi connectivity index (χ1) is 11.5. The van der Waals surface area contributed by atoms with Crippen LogP contribution in [0.5, 0.6) is 5.75 Å². The van der Waals surface area contributed by atoms with Gasteiger partial charge in [0.15, 0.2) is 18.2 Å². The summed E-state index contributed by atoms with van der Waals surface area (Å²) in [5.74, 6) is -2.87. The van der Waals surface area contributed by atoms with Gasteiger partial charge in [-0.05, 0) is 25.0 Å². The predicted molar refractivity (Wildman–Crippen MR) is 82.4 cm³/mol. The number of hydrogen-bond donors (Lipinski definition) is 1. The summed E-state index contributed by atoms with van der Waals surface area (Å²) in [6, 6.07) is 2.83. The van der Waals surface area contributed by atoms with E-state index in [9.17, 15) is 18.4 Å². The second kappa shape index (κ2) is 8.08. The number of hydrogen-bond acceptors (Lipinski definition) is 4. The van der Waals surface area contributed by atoms with Crippen molar-refractivity contribution in [2.24, 2.45) is 0 Å². The number of benzene rings is 1. The van der Waals surface area contributed by atoms with Gasteiger partial charge in [-0.25, -0.2) is 13.6 Å². The summed E-state index contributed by atoms with van der Waals surface area (Å²) >= 11 is 0. The fourth-order valence-electron chi connectivity index (χ4n) is 2.95. The highest BCUT2D eigenvalue weighted by molar-refractivity contribution is 5.88. The first-order valence-electron chi connectivity index (χ1n) is 7.94. The van der Waals surface area contributed by atoms with Crippen molar-refractivity contribution in [3.8, 4) is 5.75 Å². The Bertz CT molecular complexity index is 598. The zero-order chi connectivity index (χ0) is 17.6. The molecule has 0 saturated heterocycles. The second-order valence-corrected chi connectivity index (χ2v) is 5.90. The van der Waals surface area contributed by atoms with Crippen LogP contribution in [0.25, 0.3) is 0 Å². The number of nitrogens with one attached hydrogen (secondary N) is 1. The molecular formula is C17H21F2NO4. The molecule has 1 N–H and O–H groups in total. The summed E-state index contributed by atoms with van der Waals surface area (Å²) < 4.78 is 36.3. The highest BCUT2D eigenvalue weighted by atomic mass is 19.1. The Morgan fingerprint density at radius 3 is 2.42 bits per heavy atom. The molecule has 1 aliphatic carbocycles. The quantitative estimate of drug-likeness (QED) is 0.661. The van der Waals surface area contributed by atoms with Crippen molar-refractivity contribution in [1.29, 1.82) is 0 Å². The third kappa shape index (κ3) is 4.43. The molecule has 1 aromatic carbocycles. The maximum Gasteiger partial charge on any atom is 0.331 e. The van der Waals surface area contributed by atoms with Gasteiger partial charge in [-0.15, -0.1) is 0 Å². The number of carbonyl (C=O) groups is 2. The summed E-state index contributed by atoms with van der Waals surface area (Å²) in [6.45, 7) is -0.471. The zero-order valence-electron chi connectivity index (χ0n) is 13.6. The van der Waals surface area contributed by atoms with Crippen LogP contribution in [0.3, 0.4) is 0 Å². The average Bonchev–Trinajstić information content (AvgIpc) is 2.79. The topological polar surface area (TPSA) is 64.6 Å². The van der Waals surface area contributed by atoms with Gasteiger partial charge in [0.05, 0.1) is 7.11 Å². The SMILES string of the molecule is COC(=O)C1(NC(=O)COc2ccc(F)cc2F)CCCCCC1. The highest BCUT2D eigenvalue weighted by Crippen LogP contribution is 2.28. The predicted octanol–water partition coefficient (Wildman–Crippen LogP) is 2.73. The lowest BCUT2D eigenvalue weighted by molar-refractivity contribution is -0.152. The minimum Gasteiger partial charge on any atom is -0.481 e. The van der Waals surface area contributed by atoms with Crippen molar-refractivity contribution >= 4 is 11.9 Å². The van der Waals surface area contributed by atoms with Gasteiger partial charge in [-0.3, -0.25) is 4.79 Å². The van der Waals surface area contributed by atoms with Crippen LogP contribution in [0.15, 0.2) is 18.2 Å². The fraction of sp³-hybridized carbons (Fsp3) is 0.529. The van der Waals surface area contributed by atoms with Crippen molar-refractivity contribution in [2.75, 3.05) is 13.7 Å². The lowest BCUT2D eigenvalue weighted by Gasteiger charge is -2.30. The molecule has 1 fully saturated rings. The number of carbonyl (C=O) groups excluding carboxylic acids is 2. The number of amides is 1. The molecule has 7 heteroatoms. The number of esters is 1. The Kier molecular flexibility index (Phi) is 6.11. The molecule has 1 amide bonds. The molecule has 0 radical (unpaired) electrons. The largest absolute Gasteiger partial charge is 0.481 e. The summed E-state index contributed by atoms with van der Waals surface area (Å²) in [5.41, 5.74) is -1.06. The van der Waals surface area contributed by atoms with Gasteiger partial charge in [0, 0.05) is 6.07 Å². The van der Waals surface area contributed by atoms with E-state index in [1.165, 1.54) is 7.11 Å². The van der Waals surface area contributed by atoms with Crippen LogP contribution in [0.2, 0.25) is 0 Å². The van der Waals surface area contributed by atoms with E-state index in [-0.39, 0.29) is 5.75 Å². The summed E-state index contributed by atoms with van der Waals surface area (Å²) in [7, 11) is 1.28. The summed E-state index contributed by atoms with van der Waals surface area (Å²) in [6.07, 6.45) is 4.59. The number of rotatable bonds is 5. The van der Waals surface area contributed by atoms with E-state index >= 15 is 0 Å². The molecule has 132 valence electrons. The van der Waals surface area contributed by atoms with Crippen molar-refractivity contribution in [3.63, 3.8) is 0 Å². The van der Waals surface area contributed by atoms with Gasteiger partial charge >= 0.3 is 5.97 Å². The van der Waals surface area contributed by atoms with Crippen LogP contribution >= 0.6 is 0 Å². The Balaban J connectivity index is 2.01. The molecule has 0 aromatic heterocycles. The fourth-order valence-corrected chi connectivity index (χ4v) is 2.95. The van der Waals surface area contributed by atoms with Gasteiger partial charge in [0.25, 0.3) is 5.91 Å². The van der Waals surface area contributed by atoms with Crippen LogP contribution in [0, 0.1) is 11.6 Å². The summed E-state index contributed by atoms with van der Waals surface area (Å²) in [5, 5.41) is 2.69. The van der Waals surface area contributed by atoms with Crippen molar-refractivity contribution in [2.45, 2.75) is 44.1 Å². The molecule has 1 saturated carbocycles. The Morgan fingerprint density at radius 1 is 1.17 bits per heavy atom. The first-order valence-corrected chi connectivity index (χ1v) is 7.94. The smallest absolute Gasteiger partial charge is 0.331 e. The van der Waals surface area contributed by atoms with Gasteiger partial charge in [0.2, 0.25) is 0 Å². The number of halogens is 2. The Morgan fingerprint density at radius 2 is 1.83 bits per heavy atom. The van der Waals surface area contributed by atoms with Gasteiger partial charge < -0.3 is 14.8 Å². The molecule has 5 nitrogen and oxygen atoms in total. The van der Waals surface area contributed by atoms with E-state index in [0.717, 1.165) is 37.8 Å². The van der Waals surface area contributed by atoms with Crippen LogP contribution in [-0.2, 0) is 14.3 Å². The van der Waals surface area contributed by atoms with E-state index in [2.05, 4.69) is 5.32 Å². The minimum atomic E-state index is -1.06. The number of methoxy groups -OCH3 is 1. The third-order valence-corrected chi connectivity index (χ3v) is 4.16. The highest BCUT2D eigenvalue weighted by Gasteiger charge is 2.41.